The number of hydrogen-bond donors (Lipinski definition) is 1. The number of aromatic nitrogens is 3. The van der Waals surface area contributed by atoms with Crippen LogP contribution in [-0.4, -0.2) is 32.0 Å². The van der Waals surface area contributed by atoms with E-state index in [1.54, 1.807) is 6.92 Å². The van der Waals surface area contributed by atoms with Gasteiger partial charge < -0.3 is 9.84 Å². The van der Waals surface area contributed by atoms with Crippen LogP contribution in [0.3, 0.4) is 0 Å². The SMILES string of the molecule is Cc1nc2c(C)cc(-c3ccccc3OC(F)(F)F)nn2c1C(=O)O. The monoisotopic (exact) mass is 351 g/mol. The maximum Gasteiger partial charge on any atom is 0.573 e. The average molecular weight is 351 g/mol. The molecular weight excluding hydrogens is 339 g/mol. The second-order valence-corrected chi connectivity index (χ2v) is 5.34. The number of nitrogens with zero attached hydrogens (tertiary/aromatic N) is 3. The molecule has 0 radical (unpaired) electrons. The molecule has 0 saturated heterocycles. The van der Waals surface area contributed by atoms with Crippen LogP contribution >= 0.6 is 0 Å². The molecule has 0 aliphatic rings. The van der Waals surface area contributed by atoms with Crippen molar-refractivity contribution in [3.05, 3.63) is 47.3 Å². The van der Waals surface area contributed by atoms with Crippen LogP contribution in [0.25, 0.3) is 16.9 Å². The molecular formula is C16H12F3N3O3. The number of carboxylic acid groups (broad SMARTS) is 1. The Morgan fingerprint density at radius 3 is 2.56 bits per heavy atom. The zero-order valence-electron chi connectivity index (χ0n) is 13.1. The van der Waals surface area contributed by atoms with Crippen molar-refractivity contribution >= 4 is 11.6 Å². The number of ether oxygens (including phenoxy) is 1. The summed E-state index contributed by atoms with van der Waals surface area (Å²) in [6, 6.07) is 7.06. The number of carbonyl (C=O) groups is 1. The maximum atomic E-state index is 12.6. The van der Waals surface area contributed by atoms with Gasteiger partial charge in [0.25, 0.3) is 0 Å². The summed E-state index contributed by atoms with van der Waals surface area (Å²) < 4.78 is 43.0. The first-order valence-electron chi connectivity index (χ1n) is 7.13. The highest BCUT2D eigenvalue weighted by Crippen LogP contribution is 2.33. The molecule has 0 amide bonds. The third-order valence-corrected chi connectivity index (χ3v) is 3.53. The van der Waals surface area contributed by atoms with Gasteiger partial charge in [-0.25, -0.2) is 14.3 Å². The quantitative estimate of drug-likeness (QED) is 0.780. The Hall–Kier alpha value is -3.10. The van der Waals surface area contributed by atoms with Crippen molar-refractivity contribution in [1.82, 2.24) is 14.6 Å². The van der Waals surface area contributed by atoms with Gasteiger partial charge >= 0.3 is 12.3 Å². The fraction of sp³-hybridized carbons (Fsp3) is 0.188. The predicted octanol–water partition coefficient (Wildman–Crippen LogP) is 3.61. The lowest BCUT2D eigenvalue weighted by Gasteiger charge is -2.13. The summed E-state index contributed by atoms with van der Waals surface area (Å²) in [6.45, 7) is 3.20. The molecule has 0 spiro atoms. The molecule has 25 heavy (non-hydrogen) atoms. The van der Waals surface area contributed by atoms with E-state index in [-0.39, 0.29) is 22.6 Å². The van der Waals surface area contributed by atoms with Gasteiger partial charge in [-0.3, -0.25) is 0 Å². The van der Waals surface area contributed by atoms with E-state index in [4.69, 9.17) is 0 Å². The summed E-state index contributed by atoms with van der Waals surface area (Å²) in [5.41, 5.74) is 1.25. The Morgan fingerprint density at radius 1 is 1.24 bits per heavy atom. The standard InChI is InChI=1S/C16H12F3N3O3/c1-8-7-11(10-5-3-4-6-12(10)25-16(17,18)19)21-22-13(15(23)24)9(2)20-14(8)22/h3-7H,1-2H3,(H,23,24). The van der Waals surface area contributed by atoms with Crippen LogP contribution in [0.1, 0.15) is 21.7 Å². The summed E-state index contributed by atoms with van der Waals surface area (Å²) in [7, 11) is 0. The number of fused-ring (bicyclic) bond motifs is 1. The Kier molecular flexibility index (Phi) is 3.86. The molecule has 130 valence electrons. The molecule has 9 heteroatoms. The number of halogens is 3. The summed E-state index contributed by atoms with van der Waals surface area (Å²) in [6.07, 6.45) is -4.85. The number of hydrogen-bond acceptors (Lipinski definition) is 4. The molecule has 1 N–H and O–H groups in total. The number of imidazole rings is 1. The molecule has 3 aromatic rings. The van der Waals surface area contributed by atoms with E-state index >= 15 is 0 Å². The van der Waals surface area contributed by atoms with Crippen LogP contribution in [0, 0.1) is 13.8 Å². The fourth-order valence-corrected chi connectivity index (χ4v) is 2.55. The topological polar surface area (TPSA) is 76.7 Å². The van der Waals surface area contributed by atoms with Crippen LogP contribution in [0.4, 0.5) is 13.2 Å². The van der Waals surface area contributed by atoms with Gasteiger partial charge in [-0.1, -0.05) is 12.1 Å². The largest absolute Gasteiger partial charge is 0.573 e. The smallest absolute Gasteiger partial charge is 0.476 e. The van der Waals surface area contributed by atoms with Crippen molar-refractivity contribution in [2.75, 3.05) is 0 Å². The predicted molar refractivity (Wildman–Crippen MR) is 81.5 cm³/mol. The molecule has 0 unspecified atom stereocenters. The maximum absolute atomic E-state index is 12.6. The van der Waals surface area contributed by atoms with Gasteiger partial charge in [0.15, 0.2) is 11.3 Å². The number of benzene rings is 1. The molecule has 0 fully saturated rings. The van der Waals surface area contributed by atoms with Crippen molar-refractivity contribution < 1.29 is 27.8 Å². The Balaban J connectivity index is 2.24. The molecule has 0 atom stereocenters. The highest BCUT2D eigenvalue weighted by Gasteiger charge is 2.32. The van der Waals surface area contributed by atoms with Gasteiger partial charge in [-0.15, -0.1) is 13.2 Å². The molecule has 0 saturated carbocycles. The molecule has 6 nitrogen and oxygen atoms in total. The lowest BCUT2D eigenvalue weighted by molar-refractivity contribution is -0.274. The van der Waals surface area contributed by atoms with Gasteiger partial charge in [0, 0.05) is 5.56 Å². The summed E-state index contributed by atoms with van der Waals surface area (Å²) in [5, 5.41) is 13.5. The van der Waals surface area contributed by atoms with Crippen molar-refractivity contribution in [2.24, 2.45) is 0 Å². The van der Waals surface area contributed by atoms with Crippen LogP contribution in [-0.2, 0) is 0 Å². The van der Waals surface area contributed by atoms with Crippen molar-refractivity contribution in [3.8, 4) is 17.0 Å². The van der Waals surface area contributed by atoms with E-state index in [2.05, 4.69) is 14.8 Å². The van der Waals surface area contributed by atoms with Crippen molar-refractivity contribution in [1.29, 1.82) is 0 Å². The van der Waals surface area contributed by atoms with Crippen LogP contribution < -0.4 is 4.74 Å². The van der Waals surface area contributed by atoms with Gasteiger partial charge in [0.05, 0.1) is 11.4 Å². The molecule has 0 aliphatic carbocycles. The third-order valence-electron chi connectivity index (χ3n) is 3.53. The van der Waals surface area contributed by atoms with E-state index in [9.17, 15) is 23.1 Å². The number of carboxylic acids is 1. The zero-order valence-corrected chi connectivity index (χ0v) is 13.1. The average Bonchev–Trinajstić information content (AvgIpc) is 2.83. The number of alkyl halides is 3. The lowest BCUT2D eigenvalue weighted by atomic mass is 10.1. The normalized spacial score (nSPS) is 11.7. The minimum Gasteiger partial charge on any atom is -0.476 e. The van der Waals surface area contributed by atoms with Gasteiger partial charge in [-0.2, -0.15) is 5.10 Å². The Labute approximate surface area is 139 Å². The van der Waals surface area contributed by atoms with E-state index < -0.39 is 18.1 Å². The van der Waals surface area contributed by atoms with Crippen molar-refractivity contribution in [2.45, 2.75) is 20.2 Å². The second-order valence-electron chi connectivity index (χ2n) is 5.34. The molecule has 2 aromatic heterocycles. The van der Waals surface area contributed by atoms with Gasteiger partial charge in [0.2, 0.25) is 0 Å². The fourth-order valence-electron chi connectivity index (χ4n) is 2.55. The molecule has 0 aliphatic heterocycles. The number of para-hydroxylation sites is 1. The van der Waals surface area contributed by atoms with Crippen LogP contribution in [0.15, 0.2) is 30.3 Å². The van der Waals surface area contributed by atoms with E-state index in [0.29, 0.717) is 11.2 Å². The van der Waals surface area contributed by atoms with E-state index in [1.807, 2.05) is 0 Å². The summed E-state index contributed by atoms with van der Waals surface area (Å²) >= 11 is 0. The Morgan fingerprint density at radius 2 is 1.92 bits per heavy atom. The van der Waals surface area contributed by atoms with Crippen molar-refractivity contribution in [3.63, 3.8) is 0 Å². The number of aromatic carboxylic acids is 1. The minimum absolute atomic E-state index is 0.0903. The first kappa shape index (κ1) is 16.7. The van der Waals surface area contributed by atoms with Crippen LogP contribution in [0.5, 0.6) is 5.75 Å². The first-order chi connectivity index (χ1) is 11.7. The highest BCUT2D eigenvalue weighted by molar-refractivity contribution is 5.88. The summed E-state index contributed by atoms with van der Waals surface area (Å²) in [4.78, 5) is 15.6. The Bertz CT molecular complexity index is 980. The summed E-state index contributed by atoms with van der Waals surface area (Å²) in [5.74, 6) is -1.65. The van der Waals surface area contributed by atoms with E-state index in [0.717, 1.165) is 4.52 Å². The lowest BCUT2D eigenvalue weighted by Crippen LogP contribution is -2.17. The number of aryl methyl sites for hydroxylation is 2. The van der Waals surface area contributed by atoms with E-state index in [1.165, 1.54) is 37.3 Å². The van der Waals surface area contributed by atoms with Crippen LogP contribution in [0.2, 0.25) is 0 Å². The first-order valence-corrected chi connectivity index (χ1v) is 7.13. The van der Waals surface area contributed by atoms with Gasteiger partial charge in [-0.05, 0) is 37.6 Å². The zero-order chi connectivity index (χ0) is 18.4. The molecule has 3 rings (SSSR count). The second kappa shape index (κ2) is 5.76. The highest BCUT2D eigenvalue weighted by atomic mass is 19.4. The minimum atomic E-state index is -4.85. The number of rotatable bonds is 3. The van der Waals surface area contributed by atoms with Gasteiger partial charge in [0.1, 0.15) is 5.75 Å². The molecule has 2 heterocycles. The third kappa shape index (κ3) is 3.12. The molecule has 0 bridgehead atoms. The molecule has 1 aromatic carbocycles.